The maximum atomic E-state index is 5.95. The molecule has 0 aliphatic heterocycles. The molecule has 0 unspecified atom stereocenters. The van der Waals surface area contributed by atoms with Crippen molar-refractivity contribution in [3.8, 4) is 0 Å². The van der Waals surface area contributed by atoms with E-state index < -0.39 is 0 Å². The van der Waals surface area contributed by atoms with E-state index in [4.69, 9.17) is 33.7 Å². The van der Waals surface area contributed by atoms with Gasteiger partial charge in [0.2, 0.25) is 0 Å². The van der Waals surface area contributed by atoms with Gasteiger partial charge < -0.3 is 10.5 Å². The maximum absolute atomic E-state index is 5.95. The van der Waals surface area contributed by atoms with Gasteiger partial charge >= 0.3 is 0 Å². The summed E-state index contributed by atoms with van der Waals surface area (Å²) in [5, 5.41) is 1.25. The number of benzene rings is 1. The summed E-state index contributed by atoms with van der Waals surface area (Å²) in [5.74, 6) is 0. The highest BCUT2D eigenvalue weighted by atomic mass is 35.5. The molecule has 1 aromatic rings. The molecule has 0 radical (unpaired) electrons. The van der Waals surface area contributed by atoms with Crippen molar-refractivity contribution in [1.82, 2.24) is 0 Å². The van der Waals surface area contributed by atoms with E-state index in [9.17, 15) is 0 Å². The van der Waals surface area contributed by atoms with Crippen molar-refractivity contribution in [3.63, 3.8) is 0 Å². The van der Waals surface area contributed by atoms with Gasteiger partial charge in [-0.3, -0.25) is 0 Å². The number of hydrogen-bond acceptors (Lipinski definition) is 2. The molecule has 0 aliphatic rings. The standard InChI is InChI=1S/C10H13Cl2NO/c1-7(13)5-14-6-8-9(11)3-2-4-10(8)12/h2-4,7H,5-6,13H2,1H3/t7-/m1/s1. The van der Waals surface area contributed by atoms with E-state index >= 15 is 0 Å². The molecule has 0 bridgehead atoms. The lowest BCUT2D eigenvalue weighted by Crippen LogP contribution is -2.21. The van der Waals surface area contributed by atoms with Crippen LogP contribution in [0.5, 0.6) is 0 Å². The lowest BCUT2D eigenvalue weighted by molar-refractivity contribution is 0.111. The highest BCUT2D eigenvalue weighted by molar-refractivity contribution is 6.35. The number of nitrogens with two attached hydrogens (primary N) is 1. The van der Waals surface area contributed by atoms with E-state index in [1.807, 2.05) is 6.92 Å². The summed E-state index contributed by atoms with van der Waals surface area (Å²) < 4.78 is 5.35. The molecule has 78 valence electrons. The van der Waals surface area contributed by atoms with Crippen molar-refractivity contribution in [3.05, 3.63) is 33.8 Å². The molecule has 0 saturated carbocycles. The van der Waals surface area contributed by atoms with Crippen molar-refractivity contribution in [2.24, 2.45) is 5.73 Å². The Morgan fingerprint density at radius 3 is 2.43 bits per heavy atom. The molecular formula is C10H13Cl2NO. The van der Waals surface area contributed by atoms with Gasteiger partial charge in [0, 0.05) is 21.7 Å². The van der Waals surface area contributed by atoms with Gasteiger partial charge in [0.05, 0.1) is 13.2 Å². The summed E-state index contributed by atoms with van der Waals surface area (Å²) in [6, 6.07) is 5.41. The van der Waals surface area contributed by atoms with Crippen molar-refractivity contribution in [2.45, 2.75) is 19.6 Å². The SMILES string of the molecule is C[C@@H](N)COCc1c(Cl)cccc1Cl. The van der Waals surface area contributed by atoms with Gasteiger partial charge in [-0.2, -0.15) is 0 Å². The summed E-state index contributed by atoms with van der Waals surface area (Å²) in [5.41, 5.74) is 6.36. The third-order valence-corrected chi connectivity index (χ3v) is 2.40. The molecule has 0 amide bonds. The molecule has 1 rings (SSSR count). The number of halogens is 2. The summed E-state index contributed by atoms with van der Waals surface area (Å²) >= 11 is 11.9. The van der Waals surface area contributed by atoms with Gasteiger partial charge in [-0.15, -0.1) is 0 Å². The van der Waals surface area contributed by atoms with Crippen LogP contribution in [0.3, 0.4) is 0 Å². The number of ether oxygens (including phenoxy) is 1. The maximum Gasteiger partial charge on any atom is 0.0746 e. The molecule has 4 heteroatoms. The molecule has 0 fully saturated rings. The predicted octanol–water partition coefficient (Wildman–Crippen LogP) is 2.86. The summed E-state index contributed by atoms with van der Waals surface area (Å²) in [6.45, 7) is 2.79. The van der Waals surface area contributed by atoms with Crippen LogP contribution in [0.4, 0.5) is 0 Å². The molecule has 0 saturated heterocycles. The summed E-state index contributed by atoms with van der Waals surface area (Å²) in [4.78, 5) is 0. The minimum absolute atomic E-state index is 0.0243. The number of rotatable bonds is 4. The Labute approximate surface area is 94.0 Å². The Balaban J connectivity index is 2.58. The minimum Gasteiger partial charge on any atom is -0.375 e. The second-order valence-corrected chi connectivity index (χ2v) is 4.01. The van der Waals surface area contributed by atoms with Gasteiger partial charge in [0.1, 0.15) is 0 Å². The first-order chi connectivity index (χ1) is 6.61. The van der Waals surface area contributed by atoms with Crippen LogP contribution in [-0.4, -0.2) is 12.6 Å². The van der Waals surface area contributed by atoms with E-state index in [0.717, 1.165) is 5.56 Å². The van der Waals surface area contributed by atoms with Crippen molar-refractivity contribution in [1.29, 1.82) is 0 Å². The van der Waals surface area contributed by atoms with Crippen LogP contribution < -0.4 is 5.73 Å². The first-order valence-electron chi connectivity index (χ1n) is 4.37. The molecule has 0 aliphatic carbocycles. The molecule has 2 N–H and O–H groups in total. The van der Waals surface area contributed by atoms with Crippen molar-refractivity contribution < 1.29 is 4.74 Å². The highest BCUT2D eigenvalue weighted by Gasteiger charge is 2.05. The molecule has 0 aromatic heterocycles. The zero-order valence-corrected chi connectivity index (χ0v) is 9.48. The fourth-order valence-electron chi connectivity index (χ4n) is 1.02. The Morgan fingerprint density at radius 1 is 1.36 bits per heavy atom. The van der Waals surface area contributed by atoms with E-state index in [1.54, 1.807) is 18.2 Å². The van der Waals surface area contributed by atoms with E-state index in [1.165, 1.54) is 0 Å². The van der Waals surface area contributed by atoms with Crippen LogP contribution in [0, 0.1) is 0 Å². The van der Waals surface area contributed by atoms with Crippen molar-refractivity contribution >= 4 is 23.2 Å². The van der Waals surface area contributed by atoms with Crippen LogP contribution in [-0.2, 0) is 11.3 Å². The Morgan fingerprint density at radius 2 is 1.93 bits per heavy atom. The third-order valence-electron chi connectivity index (χ3n) is 1.69. The smallest absolute Gasteiger partial charge is 0.0746 e. The topological polar surface area (TPSA) is 35.2 Å². The normalized spacial score (nSPS) is 12.9. The first kappa shape index (κ1) is 11.8. The van der Waals surface area contributed by atoms with Crippen molar-refractivity contribution in [2.75, 3.05) is 6.61 Å². The number of hydrogen-bond donors (Lipinski definition) is 1. The lowest BCUT2D eigenvalue weighted by atomic mass is 10.2. The van der Waals surface area contributed by atoms with Gasteiger partial charge in [0.25, 0.3) is 0 Å². The molecule has 1 atom stereocenters. The average molecular weight is 234 g/mol. The molecule has 14 heavy (non-hydrogen) atoms. The van der Waals surface area contributed by atoms with Gasteiger partial charge in [-0.05, 0) is 19.1 Å². The van der Waals surface area contributed by atoms with Crippen LogP contribution in [0.25, 0.3) is 0 Å². The predicted molar refractivity (Wildman–Crippen MR) is 59.8 cm³/mol. The third kappa shape index (κ3) is 3.46. The summed E-state index contributed by atoms with van der Waals surface area (Å²) in [7, 11) is 0. The quantitative estimate of drug-likeness (QED) is 0.869. The van der Waals surface area contributed by atoms with Gasteiger partial charge in [-0.25, -0.2) is 0 Å². The van der Waals surface area contributed by atoms with E-state index in [-0.39, 0.29) is 6.04 Å². The average Bonchev–Trinajstić information content (AvgIpc) is 2.09. The largest absolute Gasteiger partial charge is 0.375 e. The second-order valence-electron chi connectivity index (χ2n) is 3.19. The molecular weight excluding hydrogens is 221 g/mol. The Bertz CT molecular complexity index is 282. The fraction of sp³-hybridized carbons (Fsp3) is 0.400. The highest BCUT2D eigenvalue weighted by Crippen LogP contribution is 2.24. The van der Waals surface area contributed by atoms with Crippen LogP contribution >= 0.6 is 23.2 Å². The molecule has 1 aromatic carbocycles. The Hall–Kier alpha value is -0.280. The Kier molecular flexibility index (Phi) is 4.69. The van der Waals surface area contributed by atoms with Gasteiger partial charge in [0.15, 0.2) is 0 Å². The lowest BCUT2D eigenvalue weighted by Gasteiger charge is -2.09. The van der Waals surface area contributed by atoms with Crippen LogP contribution in [0.1, 0.15) is 12.5 Å². The zero-order chi connectivity index (χ0) is 10.6. The van der Waals surface area contributed by atoms with E-state index in [0.29, 0.717) is 23.3 Å². The van der Waals surface area contributed by atoms with Gasteiger partial charge in [-0.1, -0.05) is 29.3 Å². The fourth-order valence-corrected chi connectivity index (χ4v) is 1.52. The minimum atomic E-state index is 0.0243. The molecule has 0 spiro atoms. The molecule has 2 nitrogen and oxygen atoms in total. The van der Waals surface area contributed by atoms with Crippen LogP contribution in [0.2, 0.25) is 10.0 Å². The van der Waals surface area contributed by atoms with Crippen LogP contribution in [0.15, 0.2) is 18.2 Å². The zero-order valence-electron chi connectivity index (χ0n) is 7.97. The summed E-state index contributed by atoms with van der Waals surface area (Å²) in [6.07, 6.45) is 0. The first-order valence-corrected chi connectivity index (χ1v) is 5.13. The molecule has 0 heterocycles. The second kappa shape index (κ2) is 5.56. The monoisotopic (exact) mass is 233 g/mol. The van der Waals surface area contributed by atoms with E-state index in [2.05, 4.69) is 0 Å².